The highest BCUT2D eigenvalue weighted by molar-refractivity contribution is 5.83. The molecular weight excluding hydrogens is 178 g/mol. The van der Waals surface area contributed by atoms with Gasteiger partial charge in [-0.15, -0.1) is 0 Å². The second kappa shape index (κ2) is 3.18. The van der Waals surface area contributed by atoms with Crippen LogP contribution in [0.25, 0.3) is 10.9 Å². The Hall–Kier alpha value is -1.77. The fourth-order valence-corrected chi connectivity index (χ4v) is 1.59. The molecule has 0 radical (unpaired) electrons. The molecule has 3 nitrogen and oxygen atoms in total. The first-order valence-corrected chi connectivity index (χ1v) is 4.56. The number of aromatic hydroxyl groups is 1. The molecule has 1 aromatic heterocycles. The van der Waals surface area contributed by atoms with Crippen LogP contribution in [0.15, 0.2) is 29.1 Å². The van der Waals surface area contributed by atoms with Crippen LogP contribution in [0.5, 0.6) is 5.75 Å². The zero-order valence-corrected chi connectivity index (χ0v) is 7.87. The quantitative estimate of drug-likeness (QED) is 0.718. The Morgan fingerprint density at radius 1 is 1.43 bits per heavy atom. The summed E-state index contributed by atoms with van der Waals surface area (Å²) < 4.78 is 0. The first-order chi connectivity index (χ1) is 6.72. The minimum Gasteiger partial charge on any atom is -0.503 e. The van der Waals surface area contributed by atoms with Crippen molar-refractivity contribution in [3.63, 3.8) is 0 Å². The average molecular weight is 189 g/mol. The molecule has 2 aromatic rings. The van der Waals surface area contributed by atoms with E-state index in [1.807, 2.05) is 25.1 Å². The average Bonchev–Trinajstić information content (AvgIpc) is 2.19. The fraction of sp³-hybridized carbons (Fsp3) is 0.182. The third-order valence-corrected chi connectivity index (χ3v) is 2.34. The second-order valence-electron chi connectivity index (χ2n) is 3.22. The Labute approximate surface area is 81.0 Å². The number of H-pyrrole nitrogens is 1. The van der Waals surface area contributed by atoms with E-state index in [0.29, 0.717) is 0 Å². The first-order valence-electron chi connectivity index (χ1n) is 4.56. The summed E-state index contributed by atoms with van der Waals surface area (Å²) in [7, 11) is 0. The van der Waals surface area contributed by atoms with Gasteiger partial charge in [0.2, 0.25) is 0 Å². The summed E-state index contributed by atoms with van der Waals surface area (Å²) in [4.78, 5) is 13.8. The first kappa shape index (κ1) is 8.81. The van der Waals surface area contributed by atoms with E-state index in [-0.39, 0.29) is 5.75 Å². The Kier molecular flexibility index (Phi) is 2.00. The van der Waals surface area contributed by atoms with Crippen molar-refractivity contribution in [2.24, 2.45) is 0 Å². The largest absolute Gasteiger partial charge is 0.503 e. The Bertz CT molecular complexity index is 528. The van der Waals surface area contributed by atoms with E-state index < -0.39 is 5.56 Å². The summed E-state index contributed by atoms with van der Waals surface area (Å²) >= 11 is 0. The van der Waals surface area contributed by atoms with Gasteiger partial charge in [0.25, 0.3) is 5.56 Å². The minimum atomic E-state index is -0.439. The molecule has 0 aliphatic rings. The number of aromatic amines is 1. The summed E-state index contributed by atoms with van der Waals surface area (Å²) in [5, 5.41) is 10.2. The van der Waals surface area contributed by atoms with Gasteiger partial charge in [0.15, 0.2) is 5.75 Å². The molecule has 3 heteroatoms. The van der Waals surface area contributed by atoms with Gasteiger partial charge in [0.05, 0.1) is 0 Å². The summed E-state index contributed by atoms with van der Waals surface area (Å²) in [5.41, 5.74) is 1.45. The molecule has 0 bridgehead atoms. The van der Waals surface area contributed by atoms with E-state index in [4.69, 9.17) is 0 Å². The molecule has 2 N–H and O–H groups in total. The second-order valence-corrected chi connectivity index (χ2v) is 3.22. The molecular formula is C11H11NO2. The number of rotatable bonds is 1. The standard InChI is InChI=1S/C11H11NO2/c1-2-7-4-3-5-9-8(7)6-10(13)11(14)12-9/h3-6,13H,2H2,1H3,(H,12,14). The van der Waals surface area contributed by atoms with Crippen LogP contribution in [-0.2, 0) is 6.42 Å². The number of aryl methyl sites for hydroxylation is 1. The van der Waals surface area contributed by atoms with Crippen LogP contribution >= 0.6 is 0 Å². The highest BCUT2D eigenvalue weighted by atomic mass is 16.3. The maximum atomic E-state index is 11.1. The van der Waals surface area contributed by atoms with Crippen LogP contribution in [0.2, 0.25) is 0 Å². The Balaban J connectivity index is 2.88. The van der Waals surface area contributed by atoms with Gasteiger partial charge in [-0.2, -0.15) is 0 Å². The normalized spacial score (nSPS) is 10.6. The number of hydrogen-bond donors (Lipinski definition) is 2. The number of hydrogen-bond acceptors (Lipinski definition) is 2. The summed E-state index contributed by atoms with van der Waals surface area (Å²) in [6.45, 7) is 2.04. The molecule has 0 amide bonds. The Morgan fingerprint density at radius 3 is 2.93 bits per heavy atom. The van der Waals surface area contributed by atoms with Crippen LogP contribution in [0.3, 0.4) is 0 Å². The van der Waals surface area contributed by atoms with Crippen molar-refractivity contribution in [3.8, 4) is 5.75 Å². The topological polar surface area (TPSA) is 53.1 Å². The molecule has 1 aromatic carbocycles. The van der Waals surface area contributed by atoms with Crippen molar-refractivity contribution < 1.29 is 5.11 Å². The lowest BCUT2D eigenvalue weighted by molar-refractivity contribution is 0.468. The third-order valence-electron chi connectivity index (χ3n) is 2.34. The van der Waals surface area contributed by atoms with Gasteiger partial charge in [0.1, 0.15) is 0 Å². The predicted octanol–water partition coefficient (Wildman–Crippen LogP) is 1.80. The van der Waals surface area contributed by atoms with Gasteiger partial charge >= 0.3 is 0 Å². The molecule has 1 heterocycles. The summed E-state index contributed by atoms with van der Waals surface area (Å²) in [6, 6.07) is 7.23. The molecule has 0 fully saturated rings. The summed E-state index contributed by atoms with van der Waals surface area (Å²) in [6.07, 6.45) is 0.878. The van der Waals surface area contributed by atoms with Gasteiger partial charge in [-0.05, 0) is 24.1 Å². The van der Waals surface area contributed by atoms with E-state index in [9.17, 15) is 9.90 Å². The van der Waals surface area contributed by atoms with Crippen LogP contribution in [0, 0.1) is 0 Å². The van der Waals surface area contributed by atoms with Crippen molar-refractivity contribution in [2.75, 3.05) is 0 Å². The minimum absolute atomic E-state index is 0.224. The fourth-order valence-electron chi connectivity index (χ4n) is 1.59. The van der Waals surface area contributed by atoms with Crippen molar-refractivity contribution in [1.29, 1.82) is 0 Å². The van der Waals surface area contributed by atoms with Crippen molar-refractivity contribution in [2.45, 2.75) is 13.3 Å². The molecule has 0 spiro atoms. The van der Waals surface area contributed by atoms with Crippen LogP contribution < -0.4 is 5.56 Å². The molecule has 0 atom stereocenters. The van der Waals surface area contributed by atoms with E-state index in [0.717, 1.165) is 22.9 Å². The molecule has 2 rings (SSSR count). The van der Waals surface area contributed by atoms with Gasteiger partial charge in [-0.3, -0.25) is 4.79 Å². The van der Waals surface area contributed by atoms with E-state index in [1.54, 1.807) is 0 Å². The molecule has 14 heavy (non-hydrogen) atoms. The maximum Gasteiger partial charge on any atom is 0.290 e. The van der Waals surface area contributed by atoms with Gasteiger partial charge in [-0.25, -0.2) is 0 Å². The smallest absolute Gasteiger partial charge is 0.290 e. The Morgan fingerprint density at radius 2 is 2.21 bits per heavy atom. The highest BCUT2D eigenvalue weighted by Gasteiger charge is 2.03. The molecule has 0 aliphatic heterocycles. The van der Waals surface area contributed by atoms with Crippen molar-refractivity contribution in [3.05, 3.63) is 40.2 Å². The van der Waals surface area contributed by atoms with E-state index in [2.05, 4.69) is 4.98 Å². The van der Waals surface area contributed by atoms with Crippen LogP contribution in [-0.4, -0.2) is 10.1 Å². The predicted molar refractivity (Wildman–Crippen MR) is 55.6 cm³/mol. The SMILES string of the molecule is CCc1cccc2[nH]c(=O)c(O)cc12. The molecule has 0 unspecified atom stereocenters. The van der Waals surface area contributed by atoms with Gasteiger partial charge < -0.3 is 10.1 Å². The summed E-state index contributed by atoms with van der Waals surface area (Å²) in [5.74, 6) is -0.224. The van der Waals surface area contributed by atoms with E-state index >= 15 is 0 Å². The zero-order chi connectivity index (χ0) is 10.1. The molecule has 0 saturated carbocycles. The third kappa shape index (κ3) is 1.27. The number of nitrogens with one attached hydrogen (secondary N) is 1. The van der Waals surface area contributed by atoms with Crippen molar-refractivity contribution >= 4 is 10.9 Å². The lowest BCUT2D eigenvalue weighted by Gasteiger charge is -2.03. The number of fused-ring (bicyclic) bond motifs is 1. The molecule has 0 aliphatic carbocycles. The van der Waals surface area contributed by atoms with Crippen molar-refractivity contribution in [1.82, 2.24) is 4.98 Å². The maximum absolute atomic E-state index is 11.1. The number of benzene rings is 1. The van der Waals surface area contributed by atoms with Crippen LogP contribution in [0.1, 0.15) is 12.5 Å². The van der Waals surface area contributed by atoms with Gasteiger partial charge in [-0.1, -0.05) is 19.1 Å². The number of pyridine rings is 1. The number of aromatic nitrogens is 1. The molecule has 0 saturated heterocycles. The zero-order valence-electron chi connectivity index (χ0n) is 7.87. The lowest BCUT2D eigenvalue weighted by Crippen LogP contribution is -2.04. The lowest BCUT2D eigenvalue weighted by atomic mass is 10.1. The highest BCUT2D eigenvalue weighted by Crippen LogP contribution is 2.18. The monoisotopic (exact) mass is 189 g/mol. The van der Waals surface area contributed by atoms with Gasteiger partial charge in [0, 0.05) is 10.9 Å². The van der Waals surface area contributed by atoms with Crippen LogP contribution in [0.4, 0.5) is 0 Å². The molecule has 72 valence electrons. The van der Waals surface area contributed by atoms with E-state index in [1.165, 1.54) is 6.07 Å².